The summed E-state index contributed by atoms with van der Waals surface area (Å²) < 4.78 is 5.51. The van der Waals surface area contributed by atoms with Gasteiger partial charge in [-0.05, 0) is 47.6 Å². The summed E-state index contributed by atoms with van der Waals surface area (Å²) in [5.74, 6) is 2.60. The fourth-order valence-electron chi connectivity index (χ4n) is 4.74. The largest absolute Gasteiger partial charge is 0.445 e. The van der Waals surface area contributed by atoms with Gasteiger partial charge in [0.1, 0.15) is 6.61 Å². The van der Waals surface area contributed by atoms with Crippen LogP contribution in [-0.2, 0) is 11.3 Å². The molecule has 2 aromatic rings. The summed E-state index contributed by atoms with van der Waals surface area (Å²) in [6.45, 7) is 4.43. The molecule has 1 heterocycles. The summed E-state index contributed by atoms with van der Waals surface area (Å²) in [4.78, 5) is 14.3. The molecule has 136 valence electrons. The van der Waals surface area contributed by atoms with Crippen LogP contribution < -0.4 is 0 Å². The monoisotopic (exact) mass is 349 g/mol. The number of hydrogen-bond acceptors (Lipinski definition) is 2. The number of amides is 1. The Bertz CT molecular complexity index is 716. The molecule has 2 fully saturated rings. The molecule has 0 N–H and O–H groups in total. The molecule has 2 aliphatic rings. The van der Waals surface area contributed by atoms with Crippen LogP contribution in [0.4, 0.5) is 4.79 Å². The summed E-state index contributed by atoms with van der Waals surface area (Å²) in [6.07, 6.45) is 2.29. The fraction of sp³-hybridized carbons (Fsp3) is 0.435. The number of ether oxygens (including phenoxy) is 1. The molecule has 0 radical (unpaired) electrons. The summed E-state index contributed by atoms with van der Waals surface area (Å²) >= 11 is 0. The lowest BCUT2D eigenvalue weighted by atomic mass is 9.85. The zero-order chi connectivity index (χ0) is 17.9. The smallest absolute Gasteiger partial charge is 0.410 e. The average molecular weight is 349 g/mol. The topological polar surface area (TPSA) is 29.5 Å². The fourth-order valence-corrected chi connectivity index (χ4v) is 4.74. The molecule has 1 amide bonds. The number of nitrogens with zero attached hydrogens (tertiary/aromatic N) is 1. The molecular formula is C23H27NO2. The lowest BCUT2D eigenvalue weighted by molar-refractivity contribution is 0.101. The molecular weight excluding hydrogens is 322 g/mol. The minimum atomic E-state index is -0.157. The maximum Gasteiger partial charge on any atom is 0.410 e. The van der Waals surface area contributed by atoms with Gasteiger partial charge in [-0.15, -0.1) is 0 Å². The van der Waals surface area contributed by atoms with E-state index in [1.807, 2.05) is 35.2 Å². The van der Waals surface area contributed by atoms with Gasteiger partial charge in [-0.2, -0.15) is 0 Å². The number of rotatable bonds is 4. The minimum absolute atomic E-state index is 0.157. The van der Waals surface area contributed by atoms with Gasteiger partial charge in [0, 0.05) is 13.1 Å². The van der Waals surface area contributed by atoms with Gasteiger partial charge in [0.25, 0.3) is 0 Å². The predicted molar refractivity (Wildman–Crippen MR) is 103 cm³/mol. The highest BCUT2D eigenvalue weighted by atomic mass is 16.6. The van der Waals surface area contributed by atoms with Crippen molar-refractivity contribution in [2.45, 2.75) is 32.3 Å². The second-order valence-corrected chi connectivity index (χ2v) is 7.90. The Morgan fingerprint density at radius 1 is 1.00 bits per heavy atom. The van der Waals surface area contributed by atoms with Crippen molar-refractivity contribution in [3.05, 3.63) is 71.8 Å². The standard InChI is InChI=1S/C23H27NO2/c1-17(19-10-6-3-7-11-19)20-12-21-14-24(15-22(21)13-20)23(25)26-16-18-8-4-2-5-9-18/h2-11,17,20-22H,12-16H2,1H3/t17?,20?,21-,22+. The third-order valence-corrected chi connectivity index (χ3v) is 6.28. The van der Waals surface area contributed by atoms with Gasteiger partial charge in [0.05, 0.1) is 0 Å². The Balaban J connectivity index is 1.29. The Morgan fingerprint density at radius 3 is 2.19 bits per heavy atom. The number of benzene rings is 2. The van der Waals surface area contributed by atoms with E-state index in [0.717, 1.165) is 24.6 Å². The molecule has 2 unspecified atom stereocenters. The highest BCUT2D eigenvalue weighted by molar-refractivity contribution is 5.68. The third kappa shape index (κ3) is 3.62. The molecule has 0 aromatic heterocycles. The first-order valence-corrected chi connectivity index (χ1v) is 9.71. The molecule has 3 nitrogen and oxygen atoms in total. The Kier molecular flexibility index (Phi) is 4.96. The van der Waals surface area contributed by atoms with Crippen molar-refractivity contribution in [3.8, 4) is 0 Å². The van der Waals surface area contributed by atoms with Gasteiger partial charge in [0.2, 0.25) is 0 Å². The normalized spacial score (nSPS) is 25.7. The van der Waals surface area contributed by atoms with Crippen molar-refractivity contribution in [3.63, 3.8) is 0 Å². The van der Waals surface area contributed by atoms with Crippen LogP contribution in [0.1, 0.15) is 36.8 Å². The van der Waals surface area contributed by atoms with Crippen LogP contribution in [0.15, 0.2) is 60.7 Å². The van der Waals surface area contributed by atoms with Crippen molar-refractivity contribution in [1.29, 1.82) is 0 Å². The summed E-state index contributed by atoms with van der Waals surface area (Å²) in [5.41, 5.74) is 2.48. The number of carbonyl (C=O) groups excluding carboxylic acids is 1. The van der Waals surface area contributed by atoms with Gasteiger partial charge < -0.3 is 9.64 Å². The lowest BCUT2D eigenvalue weighted by Crippen LogP contribution is -2.30. The maximum absolute atomic E-state index is 12.4. The van der Waals surface area contributed by atoms with Crippen LogP contribution in [-0.4, -0.2) is 24.1 Å². The summed E-state index contributed by atoms with van der Waals surface area (Å²) in [6, 6.07) is 20.7. The van der Waals surface area contributed by atoms with E-state index in [2.05, 4.69) is 37.3 Å². The molecule has 3 heteroatoms. The highest BCUT2D eigenvalue weighted by Gasteiger charge is 2.44. The van der Waals surface area contributed by atoms with Crippen molar-refractivity contribution < 1.29 is 9.53 Å². The molecule has 0 spiro atoms. The predicted octanol–water partition coefficient (Wildman–Crippen LogP) is 5.08. The first kappa shape index (κ1) is 17.1. The molecule has 1 saturated carbocycles. The van der Waals surface area contributed by atoms with Crippen molar-refractivity contribution in [1.82, 2.24) is 4.90 Å². The summed E-state index contributed by atoms with van der Waals surface area (Å²) in [7, 11) is 0. The van der Waals surface area contributed by atoms with Crippen LogP contribution >= 0.6 is 0 Å². The molecule has 4 atom stereocenters. The molecule has 1 aliphatic carbocycles. The zero-order valence-corrected chi connectivity index (χ0v) is 15.4. The number of carbonyl (C=O) groups is 1. The molecule has 2 aromatic carbocycles. The van der Waals surface area contributed by atoms with E-state index in [0.29, 0.717) is 24.4 Å². The lowest BCUT2D eigenvalue weighted by Gasteiger charge is -2.23. The molecule has 0 bridgehead atoms. The molecule has 26 heavy (non-hydrogen) atoms. The highest BCUT2D eigenvalue weighted by Crippen LogP contribution is 2.47. The first-order chi connectivity index (χ1) is 12.7. The van der Waals surface area contributed by atoms with E-state index >= 15 is 0 Å². The third-order valence-electron chi connectivity index (χ3n) is 6.28. The summed E-state index contributed by atoms with van der Waals surface area (Å²) in [5, 5.41) is 0. The van der Waals surface area contributed by atoms with Crippen molar-refractivity contribution in [2.24, 2.45) is 17.8 Å². The van der Waals surface area contributed by atoms with E-state index in [-0.39, 0.29) is 6.09 Å². The van der Waals surface area contributed by atoms with Crippen LogP contribution in [0, 0.1) is 17.8 Å². The van der Waals surface area contributed by atoms with Crippen LogP contribution in [0.25, 0.3) is 0 Å². The number of likely N-dealkylation sites (tertiary alicyclic amines) is 1. The molecule has 4 rings (SSSR count). The van der Waals surface area contributed by atoms with E-state index in [9.17, 15) is 4.79 Å². The molecule has 1 aliphatic heterocycles. The Labute approximate surface area is 156 Å². The maximum atomic E-state index is 12.4. The van der Waals surface area contributed by atoms with Crippen molar-refractivity contribution in [2.75, 3.05) is 13.1 Å². The first-order valence-electron chi connectivity index (χ1n) is 9.71. The average Bonchev–Trinajstić information content (AvgIpc) is 3.26. The van der Waals surface area contributed by atoms with Gasteiger partial charge in [-0.3, -0.25) is 0 Å². The number of fused-ring (bicyclic) bond motifs is 1. The quantitative estimate of drug-likeness (QED) is 0.770. The van der Waals surface area contributed by atoms with E-state index in [1.165, 1.54) is 18.4 Å². The van der Waals surface area contributed by atoms with Gasteiger partial charge in [0.15, 0.2) is 0 Å². The van der Waals surface area contributed by atoms with E-state index in [4.69, 9.17) is 4.74 Å². The Morgan fingerprint density at radius 2 is 1.58 bits per heavy atom. The zero-order valence-electron chi connectivity index (χ0n) is 15.4. The van der Waals surface area contributed by atoms with Crippen LogP contribution in [0.2, 0.25) is 0 Å². The second kappa shape index (κ2) is 7.53. The Hall–Kier alpha value is -2.29. The molecule has 1 saturated heterocycles. The van der Waals surface area contributed by atoms with E-state index in [1.54, 1.807) is 0 Å². The van der Waals surface area contributed by atoms with Gasteiger partial charge in [-0.1, -0.05) is 67.6 Å². The van der Waals surface area contributed by atoms with Crippen LogP contribution in [0.3, 0.4) is 0 Å². The second-order valence-electron chi connectivity index (χ2n) is 7.90. The minimum Gasteiger partial charge on any atom is -0.445 e. The SMILES string of the molecule is CC(c1ccccc1)C1C[C@@H]2CN(C(=O)OCc3ccccc3)C[C@@H]2C1. The van der Waals surface area contributed by atoms with Gasteiger partial charge in [-0.25, -0.2) is 4.79 Å². The van der Waals surface area contributed by atoms with E-state index < -0.39 is 0 Å². The van der Waals surface area contributed by atoms with Crippen LogP contribution in [0.5, 0.6) is 0 Å². The van der Waals surface area contributed by atoms with Gasteiger partial charge >= 0.3 is 6.09 Å². The number of hydrogen-bond donors (Lipinski definition) is 0. The van der Waals surface area contributed by atoms with Crippen molar-refractivity contribution >= 4 is 6.09 Å².